The molecule has 1 atom stereocenters. The summed E-state index contributed by atoms with van der Waals surface area (Å²) in [5, 5.41) is 10.2. The molecule has 0 spiro atoms. The van der Waals surface area contributed by atoms with Gasteiger partial charge in [0.1, 0.15) is 17.3 Å². The van der Waals surface area contributed by atoms with E-state index in [1.54, 1.807) is 38.1 Å². The van der Waals surface area contributed by atoms with Crippen LogP contribution in [0.3, 0.4) is 0 Å². The van der Waals surface area contributed by atoms with E-state index in [1.165, 1.54) is 17.0 Å². The molecule has 1 aliphatic heterocycles. The van der Waals surface area contributed by atoms with E-state index in [0.29, 0.717) is 22.1 Å². The normalized spacial score (nSPS) is 13.9. The summed E-state index contributed by atoms with van der Waals surface area (Å²) < 4.78 is 52.1. The SMILES string of the molecule is CCOc1c2c(c(OC(F)F)c3ccccc13)C(=O)N(c1ccc(C(CC)C(=O)O)c(F)c1)C2. The van der Waals surface area contributed by atoms with Crippen LogP contribution in [0.5, 0.6) is 11.5 Å². The van der Waals surface area contributed by atoms with Gasteiger partial charge < -0.3 is 19.5 Å². The maximum absolute atomic E-state index is 14.9. The van der Waals surface area contributed by atoms with Crippen molar-refractivity contribution in [2.45, 2.75) is 39.3 Å². The lowest BCUT2D eigenvalue weighted by atomic mass is 9.96. The van der Waals surface area contributed by atoms with E-state index < -0.39 is 30.2 Å². The fraction of sp³-hybridized carbons (Fsp3) is 0.280. The van der Waals surface area contributed by atoms with Gasteiger partial charge in [0.15, 0.2) is 0 Å². The number of nitrogens with zero attached hydrogens (tertiary/aromatic N) is 1. The van der Waals surface area contributed by atoms with Crippen LogP contribution >= 0.6 is 0 Å². The van der Waals surface area contributed by atoms with Crippen LogP contribution in [0.25, 0.3) is 10.8 Å². The number of ether oxygens (including phenoxy) is 2. The third kappa shape index (κ3) is 3.91. The van der Waals surface area contributed by atoms with E-state index in [-0.39, 0.29) is 42.1 Å². The predicted molar refractivity (Wildman–Crippen MR) is 119 cm³/mol. The first-order valence-corrected chi connectivity index (χ1v) is 10.8. The van der Waals surface area contributed by atoms with Crippen molar-refractivity contribution in [1.29, 1.82) is 0 Å². The van der Waals surface area contributed by atoms with Crippen LogP contribution in [0.2, 0.25) is 0 Å². The number of fused-ring (bicyclic) bond motifs is 2. The number of carbonyl (C=O) groups is 2. The van der Waals surface area contributed by atoms with E-state index in [4.69, 9.17) is 9.47 Å². The number of alkyl halides is 2. The third-order valence-electron chi connectivity index (χ3n) is 5.87. The quantitative estimate of drug-likeness (QED) is 0.453. The summed E-state index contributed by atoms with van der Waals surface area (Å²) in [4.78, 5) is 26.1. The summed E-state index contributed by atoms with van der Waals surface area (Å²) in [5.74, 6) is -3.48. The topological polar surface area (TPSA) is 76.1 Å². The second-order valence-corrected chi connectivity index (χ2v) is 7.77. The average Bonchev–Trinajstić information content (AvgIpc) is 3.14. The van der Waals surface area contributed by atoms with Crippen molar-refractivity contribution in [3.05, 3.63) is 65.0 Å². The summed E-state index contributed by atoms with van der Waals surface area (Å²) >= 11 is 0. The van der Waals surface area contributed by atoms with Gasteiger partial charge in [0.05, 0.1) is 24.6 Å². The van der Waals surface area contributed by atoms with Gasteiger partial charge in [0.2, 0.25) is 0 Å². The molecule has 0 aromatic heterocycles. The first-order chi connectivity index (χ1) is 16.3. The fourth-order valence-electron chi connectivity index (χ4n) is 4.39. The molecule has 1 heterocycles. The number of benzene rings is 3. The van der Waals surface area contributed by atoms with Crippen LogP contribution in [0.4, 0.5) is 18.9 Å². The Balaban J connectivity index is 1.85. The van der Waals surface area contributed by atoms with Gasteiger partial charge in [-0.1, -0.05) is 37.3 Å². The number of hydrogen-bond donors (Lipinski definition) is 1. The van der Waals surface area contributed by atoms with Crippen LogP contribution in [0.1, 0.15) is 47.7 Å². The van der Waals surface area contributed by atoms with E-state index in [0.717, 1.165) is 6.07 Å². The Hall–Kier alpha value is -3.75. The Bertz CT molecular complexity index is 1280. The average molecular weight is 473 g/mol. The molecule has 6 nitrogen and oxygen atoms in total. The molecule has 0 saturated heterocycles. The van der Waals surface area contributed by atoms with Crippen LogP contribution in [-0.2, 0) is 11.3 Å². The van der Waals surface area contributed by atoms with Crippen molar-refractivity contribution in [2.24, 2.45) is 0 Å². The number of halogens is 3. The zero-order valence-corrected chi connectivity index (χ0v) is 18.5. The molecule has 3 aromatic rings. The van der Waals surface area contributed by atoms with Gasteiger partial charge >= 0.3 is 12.6 Å². The highest BCUT2D eigenvalue weighted by Gasteiger charge is 2.38. The molecule has 178 valence electrons. The van der Waals surface area contributed by atoms with Gasteiger partial charge in [-0.3, -0.25) is 9.59 Å². The number of rotatable bonds is 8. The summed E-state index contributed by atoms with van der Waals surface area (Å²) in [6, 6.07) is 10.5. The van der Waals surface area contributed by atoms with Crippen LogP contribution < -0.4 is 14.4 Å². The Morgan fingerprint density at radius 2 is 1.79 bits per heavy atom. The van der Waals surface area contributed by atoms with Gasteiger partial charge in [0, 0.05) is 27.6 Å². The zero-order valence-electron chi connectivity index (χ0n) is 18.5. The summed E-state index contributed by atoms with van der Waals surface area (Å²) in [6.07, 6.45) is 0.193. The number of aliphatic carboxylic acids is 1. The summed E-state index contributed by atoms with van der Waals surface area (Å²) in [5.41, 5.74) is 0.467. The number of carboxylic acids is 1. The number of amides is 1. The molecule has 9 heteroatoms. The van der Waals surface area contributed by atoms with Crippen molar-refractivity contribution >= 4 is 28.3 Å². The zero-order chi connectivity index (χ0) is 24.6. The van der Waals surface area contributed by atoms with Gasteiger partial charge in [0.25, 0.3) is 5.91 Å². The fourth-order valence-corrected chi connectivity index (χ4v) is 4.39. The van der Waals surface area contributed by atoms with Gasteiger partial charge in [-0.05, 0) is 25.5 Å². The van der Waals surface area contributed by atoms with Crippen molar-refractivity contribution < 1.29 is 37.3 Å². The molecule has 3 aromatic carbocycles. The lowest BCUT2D eigenvalue weighted by Gasteiger charge is -2.18. The molecular formula is C25H22F3NO5. The molecule has 0 radical (unpaired) electrons. The summed E-state index contributed by atoms with van der Waals surface area (Å²) in [7, 11) is 0. The number of hydrogen-bond acceptors (Lipinski definition) is 4. The highest BCUT2D eigenvalue weighted by Crippen LogP contribution is 2.46. The minimum absolute atomic E-state index is 0.00498. The van der Waals surface area contributed by atoms with Crippen molar-refractivity contribution in [3.8, 4) is 11.5 Å². The largest absolute Gasteiger partial charge is 0.493 e. The van der Waals surface area contributed by atoms with Crippen LogP contribution in [0, 0.1) is 5.82 Å². The first-order valence-electron chi connectivity index (χ1n) is 10.8. The molecule has 1 unspecified atom stereocenters. The van der Waals surface area contributed by atoms with Gasteiger partial charge in [-0.25, -0.2) is 4.39 Å². The highest BCUT2D eigenvalue weighted by atomic mass is 19.3. The molecular weight excluding hydrogens is 451 g/mol. The molecule has 4 rings (SSSR count). The maximum atomic E-state index is 14.9. The monoisotopic (exact) mass is 473 g/mol. The Labute approximate surface area is 193 Å². The number of carbonyl (C=O) groups excluding carboxylic acids is 1. The number of carboxylic acid groups (broad SMARTS) is 1. The molecule has 34 heavy (non-hydrogen) atoms. The van der Waals surface area contributed by atoms with Gasteiger partial charge in [-0.2, -0.15) is 8.78 Å². The molecule has 1 N–H and O–H groups in total. The minimum atomic E-state index is -3.16. The first kappa shape index (κ1) is 23.4. The van der Waals surface area contributed by atoms with Crippen LogP contribution in [-0.4, -0.2) is 30.2 Å². The smallest absolute Gasteiger partial charge is 0.387 e. The Kier molecular flexibility index (Phi) is 6.37. The predicted octanol–water partition coefficient (Wildman–Crippen LogP) is 5.72. The molecule has 0 bridgehead atoms. The van der Waals surface area contributed by atoms with Crippen molar-refractivity contribution in [1.82, 2.24) is 0 Å². The minimum Gasteiger partial charge on any atom is -0.493 e. The van der Waals surface area contributed by atoms with E-state index in [1.807, 2.05) is 0 Å². The second kappa shape index (κ2) is 9.24. The van der Waals surface area contributed by atoms with Crippen LogP contribution in [0.15, 0.2) is 42.5 Å². The summed E-state index contributed by atoms with van der Waals surface area (Å²) in [6.45, 7) is 0.461. The molecule has 1 amide bonds. The van der Waals surface area contributed by atoms with E-state index in [9.17, 15) is 27.9 Å². The molecule has 0 fully saturated rings. The lowest BCUT2D eigenvalue weighted by Crippen LogP contribution is -2.24. The van der Waals surface area contributed by atoms with Crippen molar-refractivity contribution in [3.63, 3.8) is 0 Å². The maximum Gasteiger partial charge on any atom is 0.387 e. The number of anilines is 1. The van der Waals surface area contributed by atoms with Gasteiger partial charge in [-0.15, -0.1) is 0 Å². The third-order valence-corrected chi connectivity index (χ3v) is 5.87. The van der Waals surface area contributed by atoms with E-state index >= 15 is 0 Å². The van der Waals surface area contributed by atoms with E-state index in [2.05, 4.69) is 0 Å². The Morgan fingerprint density at radius 3 is 2.35 bits per heavy atom. The highest BCUT2D eigenvalue weighted by molar-refractivity contribution is 6.16. The second-order valence-electron chi connectivity index (χ2n) is 7.77. The lowest BCUT2D eigenvalue weighted by molar-refractivity contribution is -0.138. The van der Waals surface area contributed by atoms with Crippen molar-refractivity contribution in [2.75, 3.05) is 11.5 Å². The Morgan fingerprint density at radius 1 is 1.12 bits per heavy atom. The molecule has 1 aliphatic rings. The molecule has 0 aliphatic carbocycles. The standard InChI is InChI=1S/C25H22F3NO5/c1-3-14(24(31)32)15-10-9-13(11-19(15)26)29-12-18-20(23(29)30)22(34-25(27)28)17-8-6-5-7-16(17)21(18)33-4-2/h5-11,14,25H,3-4,12H2,1-2H3,(H,31,32). The molecule has 0 saturated carbocycles.